The van der Waals surface area contributed by atoms with Crippen LogP contribution < -0.4 is 19.5 Å². The van der Waals surface area contributed by atoms with Crippen molar-refractivity contribution in [2.75, 3.05) is 31.4 Å². The Labute approximate surface area is 185 Å². The molecule has 31 heavy (non-hydrogen) atoms. The van der Waals surface area contributed by atoms with Crippen LogP contribution in [0, 0.1) is 0 Å². The zero-order chi connectivity index (χ0) is 22.2. The topological polar surface area (TPSA) is 87.5 Å². The summed E-state index contributed by atoms with van der Waals surface area (Å²) < 4.78 is 18.4. The lowest BCUT2D eigenvalue weighted by Gasteiger charge is -2.13. The van der Waals surface area contributed by atoms with Crippen LogP contribution in [-0.4, -0.2) is 46.7 Å². The number of ether oxygens (including phenoxy) is 3. The maximum atomic E-state index is 12.6. The number of carbonyl (C=O) groups excluding carboxylic acids is 1. The lowest BCUT2D eigenvalue weighted by atomic mass is 10.2. The molecule has 1 N–H and O–H groups in total. The molecule has 1 aromatic heterocycles. The smallest absolute Gasteiger partial charge is 0.234 e. The minimum Gasteiger partial charge on any atom is -0.496 e. The summed E-state index contributed by atoms with van der Waals surface area (Å²) in [6.07, 6.45) is 0. The number of methoxy groups -OCH3 is 1. The molecule has 0 unspecified atom stereocenters. The van der Waals surface area contributed by atoms with Gasteiger partial charge in [-0.2, -0.15) is 0 Å². The van der Waals surface area contributed by atoms with E-state index in [1.165, 1.54) is 11.8 Å². The fraction of sp³-hybridized carbons (Fsp3) is 0.318. The average Bonchev–Trinajstić information content (AvgIpc) is 3.14. The summed E-state index contributed by atoms with van der Waals surface area (Å²) in [6, 6.07) is 13.0. The van der Waals surface area contributed by atoms with Gasteiger partial charge in [0.2, 0.25) is 5.91 Å². The molecule has 0 aliphatic rings. The van der Waals surface area contributed by atoms with Crippen molar-refractivity contribution >= 4 is 23.4 Å². The lowest BCUT2D eigenvalue weighted by molar-refractivity contribution is -0.113. The largest absolute Gasteiger partial charge is 0.496 e. The molecular formula is C22H26N4O4S. The Balaban J connectivity index is 1.69. The third-order valence-electron chi connectivity index (χ3n) is 4.35. The number of amides is 1. The van der Waals surface area contributed by atoms with Gasteiger partial charge in [-0.15, -0.1) is 10.2 Å². The standard InChI is InChI=1S/C22H26N4O4S/c1-5-29-15-11-12-19(30-6-2)17(13-15)23-20(27)14-31-22-25-24-21(26(22)3)16-9-7-8-10-18(16)28-4/h7-13H,5-6,14H2,1-4H3,(H,23,27). The highest BCUT2D eigenvalue weighted by Gasteiger charge is 2.16. The van der Waals surface area contributed by atoms with E-state index in [2.05, 4.69) is 15.5 Å². The fourth-order valence-corrected chi connectivity index (χ4v) is 3.68. The molecule has 0 bridgehead atoms. The van der Waals surface area contributed by atoms with E-state index in [0.29, 0.717) is 47.1 Å². The van der Waals surface area contributed by atoms with Gasteiger partial charge in [0.05, 0.1) is 37.3 Å². The van der Waals surface area contributed by atoms with Gasteiger partial charge in [-0.25, -0.2) is 0 Å². The minimum absolute atomic E-state index is 0.169. The van der Waals surface area contributed by atoms with Crippen LogP contribution >= 0.6 is 11.8 Å². The summed E-state index contributed by atoms with van der Waals surface area (Å²) in [7, 11) is 3.48. The van der Waals surface area contributed by atoms with E-state index in [1.54, 1.807) is 19.2 Å². The molecule has 0 saturated heterocycles. The number of carbonyl (C=O) groups is 1. The summed E-state index contributed by atoms with van der Waals surface area (Å²) in [5, 5.41) is 12.0. The molecule has 0 aliphatic carbocycles. The number of hydrogen-bond acceptors (Lipinski definition) is 7. The second kappa shape index (κ2) is 10.7. The molecule has 8 nitrogen and oxygen atoms in total. The normalized spacial score (nSPS) is 10.6. The molecule has 164 valence electrons. The number of benzene rings is 2. The molecule has 0 atom stereocenters. The van der Waals surface area contributed by atoms with Crippen molar-refractivity contribution in [2.45, 2.75) is 19.0 Å². The molecule has 9 heteroatoms. The van der Waals surface area contributed by atoms with E-state index >= 15 is 0 Å². The number of nitrogens with zero attached hydrogens (tertiary/aromatic N) is 3. The molecule has 3 rings (SSSR count). The van der Waals surface area contributed by atoms with Crippen molar-refractivity contribution in [3.8, 4) is 28.6 Å². The van der Waals surface area contributed by atoms with E-state index in [4.69, 9.17) is 14.2 Å². The van der Waals surface area contributed by atoms with Gasteiger partial charge in [-0.1, -0.05) is 23.9 Å². The Morgan fingerprint density at radius 3 is 2.58 bits per heavy atom. The van der Waals surface area contributed by atoms with E-state index in [-0.39, 0.29) is 11.7 Å². The second-order valence-electron chi connectivity index (χ2n) is 6.43. The first kappa shape index (κ1) is 22.5. The Hall–Kier alpha value is -3.20. The number of hydrogen-bond donors (Lipinski definition) is 1. The van der Waals surface area contributed by atoms with Crippen LogP contribution in [0.15, 0.2) is 47.6 Å². The quantitative estimate of drug-likeness (QED) is 0.475. The highest BCUT2D eigenvalue weighted by atomic mass is 32.2. The van der Waals surface area contributed by atoms with Crippen molar-refractivity contribution in [3.05, 3.63) is 42.5 Å². The SMILES string of the molecule is CCOc1ccc(OCC)c(NC(=O)CSc2nnc(-c3ccccc3OC)n2C)c1. The third-order valence-corrected chi connectivity index (χ3v) is 5.37. The lowest BCUT2D eigenvalue weighted by Crippen LogP contribution is -2.15. The Morgan fingerprint density at radius 2 is 1.84 bits per heavy atom. The van der Waals surface area contributed by atoms with E-state index in [0.717, 1.165) is 5.56 Å². The van der Waals surface area contributed by atoms with Crippen LogP contribution in [-0.2, 0) is 11.8 Å². The summed E-state index contributed by atoms with van der Waals surface area (Å²) in [5.74, 6) is 2.64. The monoisotopic (exact) mass is 442 g/mol. The number of rotatable bonds is 10. The van der Waals surface area contributed by atoms with Gasteiger partial charge in [0.1, 0.15) is 17.2 Å². The Bertz CT molecular complexity index is 1040. The van der Waals surface area contributed by atoms with Crippen molar-refractivity contribution in [1.82, 2.24) is 14.8 Å². The maximum Gasteiger partial charge on any atom is 0.234 e. The van der Waals surface area contributed by atoms with Crippen LogP contribution in [0.1, 0.15) is 13.8 Å². The van der Waals surface area contributed by atoms with Crippen LogP contribution in [0.2, 0.25) is 0 Å². The molecule has 0 spiro atoms. The summed E-state index contributed by atoms with van der Waals surface area (Å²) >= 11 is 1.30. The van der Waals surface area contributed by atoms with Crippen LogP contribution in [0.3, 0.4) is 0 Å². The number of aromatic nitrogens is 3. The van der Waals surface area contributed by atoms with Gasteiger partial charge in [0, 0.05) is 13.1 Å². The van der Waals surface area contributed by atoms with Gasteiger partial charge >= 0.3 is 0 Å². The van der Waals surface area contributed by atoms with E-state index in [1.807, 2.05) is 55.8 Å². The molecule has 0 aliphatic heterocycles. The molecule has 3 aromatic rings. The average molecular weight is 443 g/mol. The predicted molar refractivity (Wildman–Crippen MR) is 121 cm³/mol. The first-order chi connectivity index (χ1) is 15.1. The number of anilines is 1. The Kier molecular flexibility index (Phi) is 7.77. The van der Waals surface area contributed by atoms with Gasteiger partial charge in [0.15, 0.2) is 11.0 Å². The fourth-order valence-electron chi connectivity index (χ4n) is 2.97. The summed E-state index contributed by atoms with van der Waals surface area (Å²) in [6.45, 7) is 4.84. The van der Waals surface area contributed by atoms with Crippen LogP contribution in [0.25, 0.3) is 11.4 Å². The van der Waals surface area contributed by atoms with Crippen LogP contribution in [0.5, 0.6) is 17.2 Å². The summed E-state index contributed by atoms with van der Waals surface area (Å²) in [5.41, 5.74) is 1.41. The zero-order valence-electron chi connectivity index (χ0n) is 18.0. The number of para-hydroxylation sites is 1. The van der Waals surface area contributed by atoms with E-state index in [9.17, 15) is 4.79 Å². The van der Waals surface area contributed by atoms with Crippen molar-refractivity contribution < 1.29 is 19.0 Å². The summed E-state index contributed by atoms with van der Waals surface area (Å²) in [4.78, 5) is 12.6. The molecule has 0 radical (unpaired) electrons. The van der Waals surface area contributed by atoms with Crippen molar-refractivity contribution in [2.24, 2.45) is 7.05 Å². The Morgan fingerprint density at radius 1 is 1.06 bits per heavy atom. The maximum absolute atomic E-state index is 12.6. The van der Waals surface area contributed by atoms with Gasteiger partial charge < -0.3 is 24.1 Å². The molecule has 2 aromatic carbocycles. The molecule has 0 saturated carbocycles. The van der Waals surface area contributed by atoms with E-state index < -0.39 is 0 Å². The highest BCUT2D eigenvalue weighted by molar-refractivity contribution is 7.99. The zero-order valence-corrected chi connectivity index (χ0v) is 18.9. The minimum atomic E-state index is -0.179. The molecule has 1 amide bonds. The van der Waals surface area contributed by atoms with Gasteiger partial charge in [0.25, 0.3) is 0 Å². The first-order valence-electron chi connectivity index (χ1n) is 9.92. The van der Waals surface area contributed by atoms with Gasteiger partial charge in [-0.3, -0.25) is 4.79 Å². The third kappa shape index (κ3) is 5.49. The first-order valence-corrected chi connectivity index (χ1v) is 10.9. The second-order valence-corrected chi connectivity index (χ2v) is 7.37. The molecular weight excluding hydrogens is 416 g/mol. The van der Waals surface area contributed by atoms with Crippen molar-refractivity contribution in [3.63, 3.8) is 0 Å². The predicted octanol–water partition coefficient (Wildman–Crippen LogP) is 4.02. The number of thioether (sulfide) groups is 1. The molecule has 1 heterocycles. The molecule has 0 fully saturated rings. The van der Waals surface area contributed by atoms with Crippen molar-refractivity contribution in [1.29, 1.82) is 0 Å². The van der Waals surface area contributed by atoms with Gasteiger partial charge in [-0.05, 0) is 38.1 Å². The van der Waals surface area contributed by atoms with Crippen LogP contribution in [0.4, 0.5) is 5.69 Å². The number of nitrogens with one attached hydrogen (secondary N) is 1. The highest BCUT2D eigenvalue weighted by Crippen LogP contribution is 2.31.